The maximum absolute atomic E-state index is 15.3. The molecule has 0 saturated heterocycles. The van der Waals surface area contributed by atoms with Crippen LogP contribution in [0.25, 0.3) is 22.2 Å². The number of nitrogens with two attached hydrogens (primary N) is 1. The Balaban J connectivity index is 1.65. The molecule has 0 bridgehead atoms. The number of halogens is 4. The molecular formula is C28H24F4N6. The van der Waals surface area contributed by atoms with Crippen LogP contribution in [-0.2, 0) is 19.6 Å². The molecule has 0 aliphatic carbocycles. The minimum absolute atomic E-state index is 0.105. The van der Waals surface area contributed by atoms with Gasteiger partial charge in [-0.1, -0.05) is 37.3 Å². The van der Waals surface area contributed by atoms with Gasteiger partial charge in [-0.3, -0.25) is 4.68 Å². The van der Waals surface area contributed by atoms with Gasteiger partial charge >= 0.3 is 6.18 Å². The summed E-state index contributed by atoms with van der Waals surface area (Å²) < 4.78 is 57.8. The van der Waals surface area contributed by atoms with Crippen LogP contribution in [0.1, 0.15) is 35.5 Å². The molecule has 38 heavy (non-hydrogen) atoms. The lowest BCUT2D eigenvalue weighted by Gasteiger charge is -2.21. The SMILES string of the molecule is CCc1ccc(F)c(C(Nc2ccc3c(N)nccc3c2)c2nc(-c3ccccc3C(F)(F)F)nn2C)c1. The third-order valence-electron chi connectivity index (χ3n) is 6.41. The molecular weight excluding hydrogens is 496 g/mol. The molecule has 1 atom stereocenters. The zero-order chi connectivity index (χ0) is 27.0. The maximum atomic E-state index is 15.3. The highest BCUT2D eigenvalue weighted by molar-refractivity contribution is 5.92. The minimum atomic E-state index is -4.59. The van der Waals surface area contributed by atoms with Crippen LogP contribution in [0.5, 0.6) is 0 Å². The number of nitrogens with one attached hydrogen (secondary N) is 1. The third kappa shape index (κ3) is 4.77. The first-order valence-corrected chi connectivity index (χ1v) is 11.9. The smallest absolute Gasteiger partial charge is 0.383 e. The number of alkyl halides is 3. The fourth-order valence-electron chi connectivity index (χ4n) is 4.46. The molecule has 1 unspecified atom stereocenters. The zero-order valence-electron chi connectivity index (χ0n) is 20.6. The number of pyridine rings is 1. The number of anilines is 2. The van der Waals surface area contributed by atoms with E-state index in [1.165, 1.54) is 28.9 Å². The molecule has 5 rings (SSSR count). The first kappa shape index (κ1) is 25.2. The molecule has 6 nitrogen and oxygen atoms in total. The standard InChI is InChI=1S/C28H24F4N6/c1-3-16-8-11-23(29)21(14-16)24(35-18-9-10-19-17(15-18)12-13-34-25(19)33)27-36-26(37-38(27)2)20-6-4-5-7-22(20)28(30,31)32/h4-15,24,35H,3H2,1-2H3,(H2,33,34). The van der Waals surface area contributed by atoms with Crippen LogP contribution < -0.4 is 11.1 Å². The largest absolute Gasteiger partial charge is 0.417 e. The van der Waals surface area contributed by atoms with Crippen LogP contribution in [0.4, 0.5) is 29.1 Å². The van der Waals surface area contributed by atoms with Crippen molar-refractivity contribution < 1.29 is 17.6 Å². The number of aryl methyl sites for hydroxylation is 2. The van der Waals surface area contributed by atoms with Gasteiger partial charge in [0.1, 0.15) is 17.7 Å². The van der Waals surface area contributed by atoms with Gasteiger partial charge in [-0.25, -0.2) is 14.4 Å². The Morgan fingerprint density at radius 3 is 2.58 bits per heavy atom. The highest BCUT2D eigenvalue weighted by Gasteiger charge is 2.35. The molecule has 0 spiro atoms. The summed E-state index contributed by atoms with van der Waals surface area (Å²) in [6, 6.07) is 16.3. The second-order valence-electron chi connectivity index (χ2n) is 8.88. The summed E-state index contributed by atoms with van der Waals surface area (Å²) in [5.41, 5.74) is 6.81. The highest BCUT2D eigenvalue weighted by Crippen LogP contribution is 2.37. The maximum Gasteiger partial charge on any atom is 0.417 e. The Kier molecular flexibility index (Phi) is 6.48. The Morgan fingerprint density at radius 1 is 1.03 bits per heavy atom. The normalized spacial score (nSPS) is 12.6. The lowest BCUT2D eigenvalue weighted by atomic mass is 10.0. The summed E-state index contributed by atoms with van der Waals surface area (Å²) in [5.74, 6) is 0.0489. The summed E-state index contributed by atoms with van der Waals surface area (Å²) in [6.45, 7) is 1.95. The molecule has 3 aromatic carbocycles. The summed E-state index contributed by atoms with van der Waals surface area (Å²) >= 11 is 0. The van der Waals surface area contributed by atoms with Crippen molar-refractivity contribution in [2.45, 2.75) is 25.6 Å². The number of hydrogen-bond acceptors (Lipinski definition) is 5. The molecule has 5 aromatic rings. The predicted octanol–water partition coefficient (Wildman–Crippen LogP) is 6.53. The van der Waals surface area contributed by atoms with Gasteiger partial charge in [0, 0.05) is 35.4 Å². The number of aromatic nitrogens is 4. The molecule has 194 valence electrons. The van der Waals surface area contributed by atoms with Crippen LogP contribution >= 0.6 is 0 Å². The van der Waals surface area contributed by atoms with Crippen molar-refractivity contribution in [1.82, 2.24) is 19.7 Å². The van der Waals surface area contributed by atoms with Gasteiger partial charge in [0.2, 0.25) is 0 Å². The lowest BCUT2D eigenvalue weighted by molar-refractivity contribution is -0.137. The van der Waals surface area contributed by atoms with E-state index < -0.39 is 23.6 Å². The van der Waals surface area contributed by atoms with Gasteiger partial charge in [0.15, 0.2) is 11.6 Å². The summed E-state index contributed by atoms with van der Waals surface area (Å²) in [7, 11) is 1.57. The van der Waals surface area contributed by atoms with Crippen molar-refractivity contribution in [3.05, 3.63) is 101 Å². The second-order valence-corrected chi connectivity index (χ2v) is 8.88. The van der Waals surface area contributed by atoms with Crippen LogP contribution in [-0.4, -0.2) is 19.7 Å². The van der Waals surface area contributed by atoms with Crippen molar-refractivity contribution in [3.8, 4) is 11.4 Å². The van der Waals surface area contributed by atoms with E-state index >= 15 is 4.39 Å². The minimum Gasteiger partial charge on any atom is -0.383 e. The van der Waals surface area contributed by atoms with Gasteiger partial charge in [0.05, 0.1) is 5.56 Å². The molecule has 0 aliphatic rings. The van der Waals surface area contributed by atoms with Gasteiger partial charge in [0.25, 0.3) is 0 Å². The zero-order valence-corrected chi connectivity index (χ0v) is 20.6. The van der Waals surface area contributed by atoms with E-state index in [1.54, 1.807) is 43.6 Å². The quantitative estimate of drug-likeness (QED) is 0.249. The van der Waals surface area contributed by atoms with E-state index in [1.807, 2.05) is 13.0 Å². The van der Waals surface area contributed by atoms with E-state index in [4.69, 9.17) is 5.73 Å². The molecule has 0 amide bonds. The average Bonchev–Trinajstić information content (AvgIpc) is 3.28. The number of rotatable bonds is 6. The van der Waals surface area contributed by atoms with Crippen LogP contribution in [0.3, 0.4) is 0 Å². The van der Waals surface area contributed by atoms with Crippen molar-refractivity contribution >= 4 is 22.3 Å². The third-order valence-corrected chi connectivity index (χ3v) is 6.41. The van der Waals surface area contributed by atoms with Crippen molar-refractivity contribution in [2.24, 2.45) is 7.05 Å². The first-order valence-electron chi connectivity index (χ1n) is 11.9. The van der Waals surface area contributed by atoms with E-state index in [2.05, 4.69) is 20.4 Å². The van der Waals surface area contributed by atoms with Crippen molar-refractivity contribution in [1.29, 1.82) is 0 Å². The highest BCUT2D eigenvalue weighted by atomic mass is 19.4. The molecule has 10 heteroatoms. The van der Waals surface area contributed by atoms with Gasteiger partial charge in [-0.05, 0) is 53.8 Å². The number of fused-ring (bicyclic) bond motifs is 1. The summed E-state index contributed by atoms with van der Waals surface area (Å²) in [5, 5.41) is 9.20. The van der Waals surface area contributed by atoms with Gasteiger partial charge < -0.3 is 11.1 Å². The number of benzene rings is 3. The molecule has 0 fully saturated rings. The van der Waals surface area contributed by atoms with Crippen molar-refractivity contribution in [3.63, 3.8) is 0 Å². The monoisotopic (exact) mass is 520 g/mol. The summed E-state index contributed by atoms with van der Waals surface area (Å²) in [6.07, 6.45) is -2.32. The average molecular weight is 521 g/mol. The lowest BCUT2D eigenvalue weighted by Crippen LogP contribution is -2.19. The molecule has 0 saturated carbocycles. The Morgan fingerprint density at radius 2 is 1.82 bits per heavy atom. The van der Waals surface area contributed by atoms with Crippen LogP contribution in [0, 0.1) is 5.82 Å². The fraction of sp³-hybridized carbons (Fsp3) is 0.179. The van der Waals surface area contributed by atoms with E-state index in [-0.39, 0.29) is 17.2 Å². The van der Waals surface area contributed by atoms with Crippen LogP contribution in [0.15, 0.2) is 72.9 Å². The molecule has 2 heterocycles. The number of nitrogens with zero attached hydrogens (tertiary/aromatic N) is 4. The van der Waals surface area contributed by atoms with Crippen LogP contribution in [0.2, 0.25) is 0 Å². The van der Waals surface area contributed by atoms with Gasteiger partial charge in [-0.2, -0.15) is 18.3 Å². The number of nitrogen functional groups attached to an aromatic ring is 1. The second kappa shape index (κ2) is 9.77. The molecule has 0 radical (unpaired) electrons. The Hall–Kier alpha value is -4.47. The molecule has 0 aliphatic heterocycles. The van der Waals surface area contributed by atoms with E-state index in [0.717, 1.165) is 22.4 Å². The van der Waals surface area contributed by atoms with Crippen molar-refractivity contribution in [2.75, 3.05) is 11.1 Å². The molecule has 2 aromatic heterocycles. The summed E-state index contributed by atoms with van der Waals surface area (Å²) in [4.78, 5) is 8.59. The van der Waals surface area contributed by atoms with E-state index in [0.29, 0.717) is 23.5 Å². The predicted molar refractivity (Wildman–Crippen MR) is 139 cm³/mol. The topological polar surface area (TPSA) is 81.7 Å². The Labute approximate surface area is 216 Å². The Bertz CT molecular complexity index is 1630. The fourth-order valence-corrected chi connectivity index (χ4v) is 4.46. The molecule has 3 N–H and O–H groups in total. The first-order chi connectivity index (χ1) is 18.2. The van der Waals surface area contributed by atoms with E-state index in [9.17, 15) is 13.2 Å². The van der Waals surface area contributed by atoms with Gasteiger partial charge in [-0.15, -0.1) is 0 Å². The number of hydrogen-bond donors (Lipinski definition) is 2.